The second-order valence-electron chi connectivity index (χ2n) is 15.2. The van der Waals surface area contributed by atoms with E-state index in [9.17, 15) is 9.59 Å². The fraction of sp³-hybridized carbons (Fsp3) is 0.455. The summed E-state index contributed by atoms with van der Waals surface area (Å²) in [5.41, 5.74) is 0.537. The molecule has 7 atom stereocenters. The molecule has 0 radical (unpaired) electrons. The van der Waals surface area contributed by atoms with Gasteiger partial charge in [0.15, 0.2) is 12.4 Å². The van der Waals surface area contributed by atoms with Crippen LogP contribution in [-0.4, -0.2) is 95.8 Å². The van der Waals surface area contributed by atoms with Gasteiger partial charge in [0.05, 0.1) is 33.5 Å². The van der Waals surface area contributed by atoms with E-state index in [4.69, 9.17) is 32.7 Å². The molecule has 4 aromatic rings. The molecule has 0 spiro atoms. The minimum atomic E-state index is -1.97. The lowest BCUT2D eigenvalue weighted by Gasteiger charge is -2.41. The molecule has 324 valence electrons. The predicted molar refractivity (Wildman–Crippen MR) is 237 cm³/mol. The zero-order valence-electron chi connectivity index (χ0n) is 35.0. The van der Waals surface area contributed by atoms with E-state index in [1.807, 2.05) is 113 Å². The van der Waals surface area contributed by atoms with Gasteiger partial charge in [-0.15, -0.1) is 0 Å². The summed E-state index contributed by atoms with van der Waals surface area (Å²) in [7, 11) is 4.65. The molecule has 1 N–H and O–H groups in total. The molecule has 16 heteroatoms. The lowest BCUT2D eigenvalue weighted by atomic mass is 9.80. The van der Waals surface area contributed by atoms with Crippen molar-refractivity contribution in [2.24, 2.45) is 0 Å². The number of halogens is 1. The molecule has 2 fully saturated rings. The van der Waals surface area contributed by atoms with E-state index in [0.29, 0.717) is 29.6 Å². The fourth-order valence-corrected chi connectivity index (χ4v) is 11.8. The minimum Gasteiger partial charge on any atom is -0.497 e. The summed E-state index contributed by atoms with van der Waals surface area (Å²) in [5, 5.41) is 0. The molecule has 3 heterocycles. The molecule has 2 aliphatic rings. The van der Waals surface area contributed by atoms with Crippen LogP contribution in [0.3, 0.4) is 0 Å². The van der Waals surface area contributed by atoms with Crippen molar-refractivity contribution in [2.75, 3.05) is 38.9 Å². The van der Waals surface area contributed by atoms with E-state index < -0.39 is 50.0 Å². The first kappa shape index (κ1) is 46.0. The molecule has 2 aliphatic heterocycles. The van der Waals surface area contributed by atoms with Crippen LogP contribution in [0.2, 0.25) is 0 Å². The summed E-state index contributed by atoms with van der Waals surface area (Å²) >= 11 is 0. The number of ether oxygens (including phenoxy) is 5. The number of aromatic amines is 1. The zero-order chi connectivity index (χ0) is 43.0. The highest BCUT2D eigenvalue weighted by Crippen LogP contribution is 2.53. The maximum absolute atomic E-state index is 17.4. The van der Waals surface area contributed by atoms with Gasteiger partial charge in [-0.05, 0) is 75.6 Å². The smallest absolute Gasteiger partial charge is 0.330 e. The summed E-state index contributed by atoms with van der Waals surface area (Å²) in [6.07, 6.45) is -5.11. The highest BCUT2D eigenvalue weighted by Gasteiger charge is 2.52. The van der Waals surface area contributed by atoms with Gasteiger partial charge in [0.25, 0.3) is 14.1 Å². The van der Waals surface area contributed by atoms with Crippen molar-refractivity contribution >= 4 is 30.1 Å². The molecule has 2 saturated heterocycles. The van der Waals surface area contributed by atoms with E-state index in [-0.39, 0.29) is 30.9 Å². The molecule has 3 aromatic carbocycles. The average molecular weight is 884 g/mol. The largest absolute Gasteiger partial charge is 0.497 e. The van der Waals surface area contributed by atoms with Gasteiger partial charge < -0.3 is 32.7 Å². The van der Waals surface area contributed by atoms with Gasteiger partial charge >= 0.3 is 5.69 Å². The SMILES string of the molecule is C=C(C)CO[C@@H]1CSSC[C@@H]1OP(OC1C(COC(c2ccccc2)(c2ccc(OC)cc2)c2ccc(OC)cc2)OC(n2ccc(=O)[nH]c2=O)[C@@H]1F)N(C(C)C)C(C)C. The number of rotatable bonds is 19. The fourth-order valence-electron chi connectivity index (χ4n) is 7.36. The summed E-state index contributed by atoms with van der Waals surface area (Å²) in [5.74, 6) is 2.64. The molecule has 0 saturated carbocycles. The minimum absolute atomic E-state index is 0.0555. The number of H-pyrrole nitrogens is 1. The third-order valence-electron chi connectivity index (χ3n) is 10.2. The number of nitrogens with one attached hydrogen (secondary N) is 1. The Labute approximate surface area is 360 Å². The lowest BCUT2D eigenvalue weighted by Crippen LogP contribution is -2.43. The molecule has 12 nitrogen and oxygen atoms in total. The third kappa shape index (κ3) is 10.6. The van der Waals surface area contributed by atoms with E-state index >= 15 is 4.39 Å². The molecule has 4 unspecified atom stereocenters. The number of nitrogens with zero attached hydrogens (tertiary/aromatic N) is 2. The first-order valence-corrected chi connectivity index (χ1v) is 23.5. The van der Waals surface area contributed by atoms with Crippen LogP contribution < -0.4 is 20.7 Å². The second-order valence-corrected chi connectivity index (χ2v) is 19.1. The molecule has 0 aliphatic carbocycles. The van der Waals surface area contributed by atoms with E-state index in [0.717, 1.165) is 32.9 Å². The maximum atomic E-state index is 17.4. The van der Waals surface area contributed by atoms with Crippen molar-refractivity contribution < 1.29 is 37.1 Å². The van der Waals surface area contributed by atoms with Crippen LogP contribution >= 0.6 is 30.1 Å². The Morgan fingerprint density at radius 2 is 1.45 bits per heavy atom. The van der Waals surface area contributed by atoms with Gasteiger partial charge in [-0.25, -0.2) is 13.9 Å². The predicted octanol–water partition coefficient (Wildman–Crippen LogP) is 8.27. The summed E-state index contributed by atoms with van der Waals surface area (Å²) in [6.45, 7) is 14.3. The molecule has 1 aromatic heterocycles. The lowest BCUT2D eigenvalue weighted by molar-refractivity contribution is -0.0942. The second kappa shape index (κ2) is 21.0. The van der Waals surface area contributed by atoms with Crippen molar-refractivity contribution in [2.45, 2.75) is 89.1 Å². The quantitative estimate of drug-likeness (QED) is 0.0422. The molecule has 0 amide bonds. The Bertz CT molecular complexity index is 2050. The Hall–Kier alpha value is -3.50. The number of hydrogen-bond donors (Lipinski definition) is 1. The third-order valence-corrected chi connectivity index (χ3v) is 14.8. The maximum Gasteiger partial charge on any atom is 0.330 e. The average Bonchev–Trinajstić information content (AvgIpc) is 3.54. The van der Waals surface area contributed by atoms with Crippen LogP contribution in [-0.2, 0) is 28.9 Å². The van der Waals surface area contributed by atoms with Crippen molar-refractivity contribution in [3.8, 4) is 11.5 Å². The number of alkyl halides is 1. The Kier molecular flexibility index (Phi) is 16.1. The summed E-state index contributed by atoms with van der Waals surface area (Å²) in [4.78, 5) is 27.5. The van der Waals surface area contributed by atoms with Crippen LogP contribution in [0.15, 0.2) is 113 Å². The van der Waals surface area contributed by atoms with Gasteiger partial charge in [-0.1, -0.05) is 88.3 Å². The van der Waals surface area contributed by atoms with Crippen molar-refractivity contribution in [3.05, 3.63) is 141 Å². The molecule has 6 rings (SSSR count). The number of hydrogen-bond acceptors (Lipinski definition) is 12. The molecule has 0 bridgehead atoms. The van der Waals surface area contributed by atoms with Crippen molar-refractivity contribution in [1.82, 2.24) is 14.2 Å². The van der Waals surface area contributed by atoms with Crippen LogP contribution in [0.1, 0.15) is 57.5 Å². The first-order chi connectivity index (χ1) is 28.9. The van der Waals surface area contributed by atoms with E-state index in [1.54, 1.807) is 35.8 Å². The van der Waals surface area contributed by atoms with Crippen LogP contribution in [0.4, 0.5) is 4.39 Å². The Morgan fingerprint density at radius 3 is 1.98 bits per heavy atom. The standard InChI is InChI=1S/C44H55FN3O9PS2/c1-28(2)24-53-37-26-59-60-27-38(37)56-58(48(29(3)4)30(5)6)57-41-36(55-42(40(41)45)47-23-22-39(49)46-43(47)50)25-54-44(31-12-10-9-11-13-31,32-14-18-34(51-7)19-15-32)33-16-20-35(52-8)21-17-33/h9-23,29-30,36-38,40-42H,1,24-27H2,2-8H3,(H,46,49,50)/t36?,37-,38+,40-,41?,42?,58?/m1/s1. The number of aromatic nitrogens is 2. The Balaban J connectivity index is 1.44. The van der Waals surface area contributed by atoms with E-state index in [1.165, 1.54) is 6.20 Å². The molecular formula is C44H55FN3O9PS2. The highest BCUT2D eigenvalue weighted by atomic mass is 33.1. The topological polar surface area (TPSA) is 123 Å². The van der Waals surface area contributed by atoms with Crippen LogP contribution in [0.5, 0.6) is 11.5 Å². The van der Waals surface area contributed by atoms with Gasteiger partial charge in [-0.3, -0.25) is 14.3 Å². The van der Waals surface area contributed by atoms with Crippen LogP contribution in [0, 0.1) is 0 Å². The summed E-state index contributed by atoms with van der Waals surface area (Å²) < 4.78 is 65.5. The van der Waals surface area contributed by atoms with Crippen LogP contribution in [0.25, 0.3) is 0 Å². The normalized spacial score (nSPS) is 22.6. The zero-order valence-corrected chi connectivity index (χ0v) is 37.6. The molecular weight excluding hydrogens is 829 g/mol. The van der Waals surface area contributed by atoms with Crippen molar-refractivity contribution in [1.29, 1.82) is 0 Å². The summed E-state index contributed by atoms with van der Waals surface area (Å²) in [6, 6.07) is 26.0. The highest BCUT2D eigenvalue weighted by molar-refractivity contribution is 8.76. The van der Waals surface area contributed by atoms with Crippen molar-refractivity contribution in [3.63, 3.8) is 0 Å². The molecule has 60 heavy (non-hydrogen) atoms. The van der Waals surface area contributed by atoms with Gasteiger partial charge in [-0.2, -0.15) is 0 Å². The number of methoxy groups -OCH3 is 2. The van der Waals surface area contributed by atoms with E-state index in [2.05, 4.69) is 16.2 Å². The monoisotopic (exact) mass is 883 g/mol. The van der Waals surface area contributed by atoms with Gasteiger partial charge in [0.2, 0.25) is 0 Å². The van der Waals surface area contributed by atoms with Gasteiger partial charge in [0.1, 0.15) is 35.4 Å². The van der Waals surface area contributed by atoms with Gasteiger partial charge in [0, 0.05) is 35.9 Å². The first-order valence-electron chi connectivity index (χ1n) is 19.9. The Morgan fingerprint density at radius 1 is 0.883 bits per heavy atom. The number of benzene rings is 3.